The van der Waals surface area contributed by atoms with Gasteiger partial charge >= 0.3 is 0 Å². The van der Waals surface area contributed by atoms with Gasteiger partial charge in [-0.25, -0.2) is 0 Å². The smallest absolute Gasteiger partial charge is 0.251 e. The third-order valence-electron chi connectivity index (χ3n) is 3.77. The van der Waals surface area contributed by atoms with E-state index in [0.717, 1.165) is 37.2 Å². The number of amides is 1. The summed E-state index contributed by atoms with van der Waals surface area (Å²) in [4.78, 5) is 11.8. The van der Waals surface area contributed by atoms with Gasteiger partial charge in [0.1, 0.15) is 0 Å². The summed E-state index contributed by atoms with van der Waals surface area (Å²) < 4.78 is 0. The van der Waals surface area contributed by atoms with E-state index in [1.54, 1.807) is 0 Å². The van der Waals surface area contributed by atoms with Gasteiger partial charge < -0.3 is 16.0 Å². The molecule has 1 atom stereocenters. The summed E-state index contributed by atoms with van der Waals surface area (Å²) in [5.74, 6) is 0.0477. The van der Waals surface area contributed by atoms with Crippen LogP contribution in [0.1, 0.15) is 36.0 Å². The van der Waals surface area contributed by atoms with Crippen molar-refractivity contribution in [3.8, 4) is 0 Å². The minimum absolute atomic E-state index is 0.0477. The van der Waals surface area contributed by atoms with Crippen LogP contribution in [0.5, 0.6) is 0 Å². The molecule has 3 N–H and O–H groups in total. The molecule has 1 aliphatic heterocycles. The summed E-state index contributed by atoms with van der Waals surface area (Å²) in [5, 5.41) is 9.87. The molecule has 4 heteroatoms. The monoisotopic (exact) mass is 259 g/mol. The summed E-state index contributed by atoms with van der Waals surface area (Å²) >= 11 is 0. The fraction of sp³-hybridized carbons (Fsp3) is 0.533. The predicted octanol–water partition coefficient (Wildman–Crippen LogP) is 1.74. The average molecular weight is 259 g/mol. The van der Waals surface area contributed by atoms with E-state index >= 15 is 0 Å². The summed E-state index contributed by atoms with van der Waals surface area (Å²) in [6.45, 7) is 2.08. The first kappa shape index (κ1) is 12.5. The molecule has 2 fully saturated rings. The molecule has 0 aromatic heterocycles. The normalized spacial score (nSPS) is 22.2. The maximum atomic E-state index is 11.8. The Hall–Kier alpha value is -1.55. The Morgan fingerprint density at radius 1 is 1.21 bits per heavy atom. The lowest BCUT2D eigenvalue weighted by Crippen LogP contribution is -2.29. The Balaban J connectivity index is 1.51. The number of anilines is 1. The van der Waals surface area contributed by atoms with E-state index in [1.807, 2.05) is 24.3 Å². The van der Waals surface area contributed by atoms with Crippen molar-refractivity contribution in [3.05, 3.63) is 29.8 Å². The van der Waals surface area contributed by atoms with E-state index in [2.05, 4.69) is 16.0 Å². The SMILES string of the molecule is O=C(NC1CC1)c1ccc(NCC2CCCN2)cc1. The first-order valence-electron chi connectivity index (χ1n) is 7.19. The van der Waals surface area contributed by atoms with Crippen molar-refractivity contribution in [3.63, 3.8) is 0 Å². The number of carbonyl (C=O) groups is 1. The van der Waals surface area contributed by atoms with E-state index in [4.69, 9.17) is 0 Å². The van der Waals surface area contributed by atoms with E-state index in [1.165, 1.54) is 12.8 Å². The molecule has 2 aliphatic rings. The van der Waals surface area contributed by atoms with Crippen LogP contribution in [0.3, 0.4) is 0 Å². The zero-order valence-electron chi connectivity index (χ0n) is 11.1. The fourth-order valence-corrected chi connectivity index (χ4v) is 2.41. The Bertz CT molecular complexity index is 433. The van der Waals surface area contributed by atoms with Gasteiger partial charge in [-0.1, -0.05) is 0 Å². The number of benzene rings is 1. The Labute approximate surface area is 114 Å². The highest BCUT2D eigenvalue weighted by Crippen LogP contribution is 2.19. The van der Waals surface area contributed by atoms with Gasteiger partial charge in [0.25, 0.3) is 5.91 Å². The molecule has 3 rings (SSSR count). The number of nitrogens with one attached hydrogen (secondary N) is 3. The molecule has 0 radical (unpaired) electrons. The highest BCUT2D eigenvalue weighted by atomic mass is 16.1. The van der Waals surface area contributed by atoms with E-state index in [0.29, 0.717) is 12.1 Å². The molecule has 1 aliphatic carbocycles. The third-order valence-corrected chi connectivity index (χ3v) is 3.77. The molecule has 1 saturated carbocycles. The number of hydrogen-bond donors (Lipinski definition) is 3. The van der Waals surface area contributed by atoms with Gasteiger partial charge in [0, 0.05) is 29.9 Å². The van der Waals surface area contributed by atoms with Crippen molar-refractivity contribution in [2.75, 3.05) is 18.4 Å². The predicted molar refractivity (Wildman–Crippen MR) is 76.4 cm³/mol. The highest BCUT2D eigenvalue weighted by molar-refractivity contribution is 5.94. The quantitative estimate of drug-likeness (QED) is 0.755. The van der Waals surface area contributed by atoms with Crippen LogP contribution in [0.25, 0.3) is 0 Å². The van der Waals surface area contributed by atoms with E-state index < -0.39 is 0 Å². The van der Waals surface area contributed by atoms with Crippen molar-refractivity contribution >= 4 is 11.6 Å². The summed E-state index contributed by atoms with van der Waals surface area (Å²) in [6, 6.07) is 8.74. The van der Waals surface area contributed by atoms with Crippen LogP contribution in [-0.2, 0) is 0 Å². The van der Waals surface area contributed by atoms with Crippen molar-refractivity contribution < 1.29 is 4.79 Å². The average Bonchev–Trinajstić information content (AvgIpc) is 3.09. The molecule has 102 valence electrons. The molecular formula is C15H21N3O. The molecule has 0 spiro atoms. The first-order valence-corrected chi connectivity index (χ1v) is 7.19. The molecule has 19 heavy (non-hydrogen) atoms. The van der Waals surface area contributed by atoms with Crippen molar-refractivity contribution in [2.45, 2.75) is 37.8 Å². The number of carbonyl (C=O) groups excluding carboxylic acids is 1. The second kappa shape index (κ2) is 5.61. The maximum Gasteiger partial charge on any atom is 0.251 e. The largest absolute Gasteiger partial charge is 0.383 e. The molecule has 1 aromatic carbocycles. The molecule has 0 bridgehead atoms. The van der Waals surface area contributed by atoms with Crippen LogP contribution < -0.4 is 16.0 Å². The lowest BCUT2D eigenvalue weighted by Gasteiger charge is -2.12. The minimum Gasteiger partial charge on any atom is -0.383 e. The van der Waals surface area contributed by atoms with Crippen LogP contribution in [0.4, 0.5) is 5.69 Å². The van der Waals surface area contributed by atoms with Gasteiger partial charge in [-0.3, -0.25) is 4.79 Å². The van der Waals surface area contributed by atoms with Crippen LogP contribution in [-0.4, -0.2) is 31.1 Å². The topological polar surface area (TPSA) is 53.2 Å². The van der Waals surface area contributed by atoms with Gasteiger partial charge in [0.05, 0.1) is 0 Å². The molecule has 1 heterocycles. The standard InChI is InChI=1S/C15H21N3O/c19-15(18-13-7-8-13)11-3-5-12(6-4-11)17-10-14-2-1-9-16-14/h3-6,13-14,16-17H,1-2,7-10H2,(H,18,19). The number of hydrogen-bond acceptors (Lipinski definition) is 3. The molecule has 1 unspecified atom stereocenters. The second-order valence-corrected chi connectivity index (χ2v) is 5.50. The van der Waals surface area contributed by atoms with Gasteiger partial charge in [-0.2, -0.15) is 0 Å². The van der Waals surface area contributed by atoms with Gasteiger partial charge in [-0.05, 0) is 56.5 Å². The summed E-state index contributed by atoms with van der Waals surface area (Å²) in [5.41, 5.74) is 1.83. The Kier molecular flexibility index (Phi) is 3.69. The fourth-order valence-electron chi connectivity index (χ4n) is 2.41. The minimum atomic E-state index is 0.0477. The van der Waals surface area contributed by atoms with Crippen LogP contribution in [0.2, 0.25) is 0 Å². The molecule has 1 aromatic rings. The summed E-state index contributed by atoms with van der Waals surface area (Å²) in [7, 11) is 0. The molecule has 1 amide bonds. The zero-order valence-corrected chi connectivity index (χ0v) is 11.1. The maximum absolute atomic E-state index is 11.8. The van der Waals surface area contributed by atoms with E-state index in [9.17, 15) is 4.79 Å². The number of rotatable bonds is 5. The molecule has 1 saturated heterocycles. The molecule has 4 nitrogen and oxygen atoms in total. The van der Waals surface area contributed by atoms with Crippen molar-refractivity contribution in [2.24, 2.45) is 0 Å². The van der Waals surface area contributed by atoms with Gasteiger partial charge in [0.2, 0.25) is 0 Å². The Morgan fingerprint density at radius 3 is 2.63 bits per heavy atom. The lowest BCUT2D eigenvalue weighted by molar-refractivity contribution is 0.0951. The first-order chi connectivity index (χ1) is 9.31. The van der Waals surface area contributed by atoms with E-state index in [-0.39, 0.29) is 5.91 Å². The molecular weight excluding hydrogens is 238 g/mol. The van der Waals surface area contributed by atoms with Crippen molar-refractivity contribution in [1.29, 1.82) is 0 Å². The zero-order chi connectivity index (χ0) is 13.1. The van der Waals surface area contributed by atoms with Crippen molar-refractivity contribution in [1.82, 2.24) is 10.6 Å². The van der Waals surface area contributed by atoms with Crippen LogP contribution >= 0.6 is 0 Å². The third kappa shape index (κ3) is 3.47. The second-order valence-electron chi connectivity index (χ2n) is 5.50. The van der Waals surface area contributed by atoms with Crippen LogP contribution in [0.15, 0.2) is 24.3 Å². The highest BCUT2D eigenvalue weighted by Gasteiger charge is 2.23. The summed E-state index contributed by atoms with van der Waals surface area (Å²) in [6.07, 6.45) is 4.76. The van der Waals surface area contributed by atoms with Gasteiger partial charge in [0.15, 0.2) is 0 Å². The van der Waals surface area contributed by atoms with Crippen LogP contribution in [0, 0.1) is 0 Å². The Morgan fingerprint density at radius 2 is 2.00 bits per heavy atom. The lowest BCUT2D eigenvalue weighted by atomic mass is 10.2. The van der Waals surface area contributed by atoms with Gasteiger partial charge in [-0.15, -0.1) is 0 Å².